The molecule has 2 nitrogen and oxygen atoms in total. The molecule has 1 aliphatic rings. The van der Waals surface area contributed by atoms with Crippen LogP contribution in [-0.2, 0) is 6.42 Å². The number of rotatable bonds is 2. The van der Waals surface area contributed by atoms with E-state index in [4.69, 9.17) is 11.6 Å². The molecule has 0 saturated carbocycles. The fourth-order valence-corrected chi connectivity index (χ4v) is 5.62. The second-order valence-corrected chi connectivity index (χ2v) is 8.76. The van der Waals surface area contributed by atoms with Crippen molar-refractivity contribution in [1.82, 2.24) is 4.90 Å². The van der Waals surface area contributed by atoms with Gasteiger partial charge in [-0.25, -0.2) is 0 Å². The molecule has 4 rings (SSSR count). The summed E-state index contributed by atoms with van der Waals surface area (Å²) in [6.45, 7) is 0.754. The summed E-state index contributed by atoms with van der Waals surface area (Å²) in [7, 11) is 0. The lowest BCUT2D eigenvalue weighted by Crippen LogP contribution is -2.39. The molecule has 3 aromatic heterocycles. The van der Waals surface area contributed by atoms with Crippen LogP contribution in [0.5, 0.6) is 0 Å². The highest BCUT2D eigenvalue weighted by molar-refractivity contribution is 7.18. The van der Waals surface area contributed by atoms with Crippen LogP contribution in [0.25, 0.3) is 0 Å². The Kier molecular flexibility index (Phi) is 3.82. The Labute approximate surface area is 145 Å². The second kappa shape index (κ2) is 5.81. The molecule has 0 N–H and O–H groups in total. The maximum atomic E-state index is 12.9. The molecule has 0 fully saturated rings. The summed E-state index contributed by atoms with van der Waals surface area (Å²) in [6, 6.07) is 9.97. The molecule has 1 unspecified atom stereocenters. The molecule has 0 aliphatic carbocycles. The summed E-state index contributed by atoms with van der Waals surface area (Å²) in [4.78, 5) is 18.3. The Balaban J connectivity index is 1.76. The molecule has 0 aromatic carbocycles. The second-order valence-electron chi connectivity index (χ2n) is 5.07. The van der Waals surface area contributed by atoms with Gasteiger partial charge in [-0.1, -0.05) is 17.7 Å². The van der Waals surface area contributed by atoms with Crippen molar-refractivity contribution < 1.29 is 4.79 Å². The highest BCUT2D eigenvalue weighted by atomic mass is 35.5. The molecule has 1 aliphatic heterocycles. The van der Waals surface area contributed by atoms with E-state index in [9.17, 15) is 4.79 Å². The molecule has 6 heteroatoms. The van der Waals surface area contributed by atoms with E-state index in [-0.39, 0.29) is 11.9 Å². The first-order valence-electron chi connectivity index (χ1n) is 6.90. The van der Waals surface area contributed by atoms with Gasteiger partial charge in [-0.15, -0.1) is 34.0 Å². The fourth-order valence-electron chi connectivity index (χ4n) is 2.86. The molecular formula is C16H12ClNOS3. The molecule has 0 saturated heterocycles. The quantitative estimate of drug-likeness (QED) is 0.602. The fraction of sp³-hybridized carbons (Fsp3) is 0.188. The van der Waals surface area contributed by atoms with E-state index in [1.165, 1.54) is 26.7 Å². The minimum Gasteiger partial charge on any atom is -0.326 e. The SMILES string of the molecule is O=C(c1ccc(Cl)s1)N1CCc2sccc2C1c1cccs1. The third kappa shape index (κ3) is 2.42. The molecule has 0 radical (unpaired) electrons. The number of hydrogen-bond acceptors (Lipinski definition) is 4. The first-order chi connectivity index (χ1) is 10.7. The van der Waals surface area contributed by atoms with Gasteiger partial charge in [0.15, 0.2) is 0 Å². The molecule has 4 heterocycles. The predicted molar refractivity (Wildman–Crippen MR) is 94.6 cm³/mol. The first-order valence-corrected chi connectivity index (χ1v) is 9.85. The first kappa shape index (κ1) is 14.5. The van der Waals surface area contributed by atoms with Crippen molar-refractivity contribution >= 4 is 51.5 Å². The van der Waals surface area contributed by atoms with E-state index in [0.717, 1.165) is 13.0 Å². The summed E-state index contributed by atoms with van der Waals surface area (Å²) < 4.78 is 0.657. The van der Waals surface area contributed by atoms with E-state index in [0.29, 0.717) is 9.21 Å². The Bertz CT molecular complexity index is 805. The minimum absolute atomic E-state index is 0.0309. The number of halogens is 1. The summed E-state index contributed by atoms with van der Waals surface area (Å²) >= 11 is 10.8. The highest BCUT2D eigenvalue weighted by Gasteiger charge is 2.34. The van der Waals surface area contributed by atoms with Gasteiger partial charge in [-0.05, 0) is 47.0 Å². The lowest BCUT2D eigenvalue weighted by Gasteiger charge is -2.35. The molecule has 22 heavy (non-hydrogen) atoms. The Morgan fingerprint density at radius 3 is 2.82 bits per heavy atom. The van der Waals surface area contributed by atoms with Crippen molar-refractivity contribution in [3.8, 4) is 0 Å². The predicted octanol–water partition coefficient (Wildman–Crippen LogP) is 5.31. The lowest BCUT2D eigenvalue weighted by atomic mass is 9.98. The minimum atomic E-state index is 0.0309. The zero-order chi connectivity index (χ0) is 15.1. The van der Waals surface area contributed by atoms with Crippen molar-refractivity contribution in [2.75, 3.05) is 6.54 Å². The number of fused-ring (bicyclic) bond motifs is 1. The van der Waals surface area contributed by atoms with Gasteiger partial charge in [0.1, 0.15) is 0 Å². The maximum absolute atomic E-state index is 12.9. The molecular weight excluding hydrogens is 354 g/mol. The van der Waals surface area contributed by atoms with Crippen molar-refractivity contribution in [1.29, 1.82) is 0 Å². The van der Waals surface area contributed by atoms with Crippen LogP contribution in [0, 0.1) is 0 Å². The smallest absolute Gasteiger partial charge is 0.264 e. The summed E-state index contributed by atoms with van der Waals surface area (Å²) in [6.07, 6.45) is 0.930. The van der Waals surface area contributed by atoms with Gasteiger partial charge in [-0.2, -0.15) is 0 Å². The van der Waals surface area contributed by atoms with Crippen molar-refractivity contribution in [2.24, 2.45) is 0 Å². The number of amides is 1. The molecule has 1 atom stereocenters. The maximum Gasteiger partial charge on any atom is 0.264 e. The third-order valence-corrected chi connectivity index (χ3v) is 6.96. The van der Waals surface area contributed by atoms with Gasteiger partial charge in [0.25, 0.3) is 5.91 Å². The molecule has 1 amide bonds. The van der Waals surface area contributed by atoms with Crippen LogP contribution in [0.3, 0.4) is 0 Å². The van der Waals surface area contributed by atoms with E-state index < -0.39 is 0 Å². The van der Waals surface area contributed by atoms with Gasteiger partial charge >= 0.3 is 0 Å². The van der Waals surface area contributed by atoms with Crippen LogP contribution in [0.2, 0.25) is 4.34 Å². The third-order valence-electron chi connectivity index (χ3n) is 3.82. The summed E-state index contributed by atoms with van der Waals surface area (Å²) in [5.74, 6) is 0.0761. The lowest BCUT2D eigenvalue weighted by molar-refractivity contribution is 0.0704. The summed E-state index contributed by atoms with van der Waals surface area (Å²) in [5, 5.41) is 4.20. The van der Waals surface area contributed by atoms with Crippen LogP contribution in [0.15, 0.2) is 41.1 Å². The Morgan fingerprint density at radius 2 is 2.09 bits per heavy atom. The zero-order valence-corrected chi connectivity index (χ0v) is 14.7. The van der Waals surface area contributed by atoms with Crippen LogP contribution >= 0.6 is 45.6 Å². The van der Waals surface area contributed by atoms with Crippen LogP contribution < -0.4 is 0 Å². The number of thiophene rings is 3. The number of carbonyl (C=O) groups excluding carboxylic acids is 1. The Morgan fingerprint density at radius 1 is 1.18 bits per heavy atom. The van der Waals surface area contributed by atoms with E-state index in [1.54, 1.807) is 28.7 Å². The van der Waals surface area contributed by atoms with Gasteiger partial charge < -0.3 is 4.90 Å². The van der Waals surface area contributed by atoms with E-state index >= 15 is 0 Å². The van der Waals surface area contributed by atoms with Crippen molar-refractivity contribution in [2.45, 2.75) is 12.5 Å². The molecule has 3 aromatic rings. The average molecular weight is 366 g/mol. The average Bonchev–Trinajstić information content (AvgIpc) is 3.26. The standard InChI is InChI=1S/C16H12ClNOS3/c17-14-4-3-13(22-14)16(19)18-7-5-11-10(6-9-21-11)15(18)12-2-1-8-20-12/h1-4,6,8-9,15H,5,7H2. The topological polar surface area (TPSA) is 20.3 Å². The zero-order valence-electron chi connectivity index (χ0n) is 11.5. The number of carbonyl (C=O) groups is 1. The van der Waals surface area contributed by atoms with Gasteiger partial charge in [-0.3, -0.25) is 4.79 Å². The normalized spacial score (nSPS) is 17.5. The Hall–Kier alpha value is -1.14. The molecule has 0 spiro atoms. The van der Waals surface area contributed by atoms with Gasteiger partial charge in [0, 0.05) is 16.3 Å². The molecule has 112 valence electrons. The number of nitrogens with zero attached hydrogens (tertiary/aromatic N) is 1. The van der Waals surface area contributed by atoms with Crippen LogP contribution in [-0.4, -0.2) is 17.4 Å². The van der Waals surface area contributed by atoms with Crippen LogP contribution in [0.4, 0.5) is 0 Å². The summed E-state index contributed by atoms with van der Waals surface area (Å²) in [5.41, 5.74) is 1.27. The van der Waals surface area contributed by atoms with E-state index in [1.807, 2.05) is 17.0 Å². The van der Waals surface area contributed by atoms with Gasteiger partial charge in [0.05, 0.1) is 15.3 Å². The number of hydrogen-bond donors (Lipinski definition) is 0. The highest BCUT2D eigenvalue weighted by Crippen LogP contribution is 2.40. The molecule has 0 bridgehead atoms. The van der Waals surface area contributed by atoms with E-state index in [2.05, 4.69) is 22.9 Å². The van der Waals surface area contributed by atoms with Crippen molar-refractivity contribution in [3.63, 3.8) is 0 Å². The monoisotopic (exact) mass is 365 g/mol. The van der Waals surface area contributed by atoms with Crippen molar-refractivity contribution in [3.05, 3.63) is 65.6 Å². The van der Waals surface area contributed by atoms with Crippen LogP contribution in [0.1, 0.15) is 31.0 Å². The van der Waals surface area contributed by atoms with Gasteiger partial charge in [0.2, 0.25) is 0 Å². The largest absolute Gasteiger partial charge is 0.326 e.